The van der Waals surface area contributed by atoms with Gasteiger partial charge in [0.15, 0.2) is 13.2 Å². The highest BCUT2D eigenvalue weighted by Crippen LogP contribution is 2.59. The van der Waals surface area contributed by atoms with E-state index < -0.39 is 35.1 Å². The van der Waals surface area contributed by atoms with Gasteiger partial charge in [-0.25, -0.2) is 24.0 Å². The van der Waals surface area contributed by atoms with Crippen molar-refractivity contribution in [3.63, 3.8) is 0 Å². The third kappa shape index (κ3) is 13.2. The first-order chi connectivity index (χ1) is 22.5. The maximum absolute atomic E-state index is 12.0. The lowest BCUT2D eigenvalue weighted by atomic mass is 9.50. The van der Waals surface area contributed by atoms with Crippen LogP contribution in [-0.4, -0.2) is 65.6 Å². The van der Waals surface area contributed by atoms with E-state index in [0.29, 0.717) is 48.7 Å². The second-order valence-electron chi connectivity index (χ2n) is 15.4. The molecule has 274 valence electrons. The molecular weight excluding hydrogens is 632 g/mol. The minimum atomic E-state index is -0.587. The van der Waals surface area contributed by atoms with Crippen LogP contribution in [0.1, 0.15) is 113 Å². The molecule has 0 aliphatic heterocycles. The Hall–Kier alpha value is -3.76. The summed E-state index contributed by atoms with van der Waals surface area (Å²) in [7, 11) is 0. The monoisotopic (exact) mass is 688 g/mol. The average Bonchev–Trinajstić information content (AvgIpc) is 2.98. The van der Waals surface area contributed by atoms with E-state index >= 15 is 0 Å². The van der Waals surface area contributed by atoms with E-state index in [1.807, 2.05) is 6.92 Å². The van der Waals surface area contributed by atoms with Crippen LogP contribution in [0.15, 0.2) is 36.5 Å². The van der Waals surface area contributed by atoms with E-state index in [-0.39, 0.29) is 36.1 Å². The molecule has 0 N–H and O–H groups in total. The van der Waals surface area contributed by atoms with Crippen molar-refractivity contribution in [1.82, 2.24) is 0 Å². The van der Waals surface area contributed by atoms with E-state index in [2.05, 4.69) is 31.4 Å². The Bertz CT molecular complexity index is 1280. The molecular formula is C38H56O11. The Morgan fingerprint density at radius 3 is 1.47 bits per heavy atom. The smallest absolute Gasteiger partial charge is 0.344 e. The molecule has 5 saturated carbocycles. The molecule has 5 aliphatic rings. The summed E-state index contributed by atoms with van der Waals surface area (Å²) in [5.41, 5.74) is -0.433. The lowest BCUT2D eigenvalue weighted by Gasteiger charge is -2.59. The van der Waals surface area contributed by atoms with Crippen LogP contribution >= 0.6 is 0 Å². The number of ether oxygens (including phenoxy) is 5. The molecule has 0 heterocycles. The molecule has 4 bridgehead atoms. The molecule has 5 rings (SSSR count). The zero-order chi connectivity index (χ0) is 37.3. The number of carbonyl (C=O) groups excluding carboxylic acids is 6. The summed E-state index contributed by atoms with van der Waals surface area (Å²) >= 11 is 0. The third-order valence-electron chi connectivity index (χ3n) is 9.41. The minimum Gasteiger partial charge on any atom is -0.457 e. The Morgan fingerprint density at radius 1 is 0.673 bits per heavy atom. The summed E-state index contributed by atoms with van der Waals surface area (Å²) in [5, 5.41) is 0. The van der Waals surface area contributed by atoms with E-state index in [9.17, 15) is 28.8 Å². The molecule has 11 heteroatoms. The van der Waals surface area contributed by atoms with Crippen LogP contribution < -0.4 is 0 Å². The highest BCUT2D eigenvalue weighted by atomic mass is 16.6. The largest absolute Gasteiger partial charge is 0.457 e. The van der Waals surface area contributed by atoms with Gasteiger partial charge in [-0.15, -0.1) is 0 Å². The molecule has 0 aromatic heterocycles. The minimum absolute atomic E-state index is 0.258. The SMILES string of the molecule is C=C(C)C(=O)OC1(C)CCC(=O)CC1.C=C(C)C(=O)OCC(=O)OC(C)(C)C.C=C(C)C(=O)OCC(=O)OC1(C)C2CC3CC(C2)CC1C3. The van der Waals surface area contributed by atoms with E-state index in [4.69, 9.17) is 18.9 Å². The zero-order valence-corrected chi connectivity index (χ0v) is 30.7. The summed E-state index contributed by atoms with van der Waals surface area (Å²) in [6.45, 7) is 23.6. The Balaban J connectivity index is 0.000000265. The van der Waals surface area contributed by atoms with Crippen molar-refractivity contribution < 1.29 is 52.5 Å². The van der Waals surface area contributed by atoms with Crippen LogP contribution in [0.25, 0.3) is 0 Å². The van der Waals surface area contributed by atoms with Gasteiger partial charge in [-0.05, 0) is 124 Å². The predicted molar refractivity (Wildman–Crippen MR) is 182 cm³/mol. The quantitative estimate of drug-likeness (QED) is 0.152. The molecule has 0 aromatic carbocycles. The van der Waals surface area contributed by atoms with Crippen molar-refractivity contribution in [2.45, 2.75) is 130 Å². The standard InChI is InChI=1S/C17H24O4.C11H16O3.C10H16O4/c1-10(2)16(19)20-9-15(18)21-17(3)13-5-11-4-12(7-13)8-14(17)6-11;1-8(2)10(13)14-11(3)6-4-9(12)5-7-11;1-7(2)9(12)13-6-8(11)14-10(3,4)5/h11-14H,1,4-9H2,2-3H3;1,4-7H2,2-3H3;1,6H2,2-5H3. The molecule has 49 heavy (non-hydrogen) atoms. The number of ketones is 1. The number of rotatable bonds is 9. The van der Waals surface area contributed by atoms with Crippen molar-refractivity contribution >= 4 is 35.6 Å². The number of esters is 5. The molecule has 0 amide bonds. The van der Waals surface area contributed by atoms with Gasteiger partial charge in [0.25, 0.3) is 0 Å². The first-order valence-corrected chi connectivity index (χ1v) is 17.0. The topological polar surface area (TPSA) is 149 Å². The van der Waals surface area contributed by atoms with Crippen LogP contribution in [0.5, 0.6) is 0 Å². The molecule has 0 spiro atoms. The fraction of sp³-hybridized carbons (Fsp3) is 0.684. The molecule has 11 nitrogen and oxygen atoms in total. The number of Topliss-reactive ketones (excluding diaryl/α,β-unsaturated/α-hetero) is 1. The second-order valence-corrected chi connectivity index (χ2v) is 15.4. The van der Waals surface area contributed by atoms with Gasteiger partial charge in [-0.2, -0.15) is 0 Å². The van der Waals surface area contributed by atoms with Gasteiger partial charge in [-0.3, -0.25) is 4.79 Å². The normalized spacial score (nSPS) is 25.9. The van der Waals surface area contributed by atoms with Crippen LogP contribution in [-0.2, 0) is 52.5 Å². The fourth-order valence-electron chi connectivity index (χ4n) is 6.90. The molecule has 0 aromatic rings. The Labute approximate surface area is 291 Å². The molecule has 0 saturated heterocycles. The van der Waals surface area contributed by atoms with Gasteiger partial charge in [0.1, 0.15) is 22.6 Å². The van der Waals surface area contributed by atoms with Gasteiger partial charge in [0.2, 0.25) is 0 Å². The number of hydrogen-bond acceptors (Lipinski definition) is 11. The van der Waals surface area contributed by atoms with Crippen LogP contribution in [0.3, 0.4) is 0 Å². The van der Waals surface area contributed by atoms with Crippen molar-refractivity contribution in [2.24, 2.45) is 23.7 Å². The number of carbonyl (C=O) groups is 6. The van der Waals surface area contributed by atoms with Crippen molar-refractivity contribution in [3.8, 4) is 0 Å². The fourth-order valence-corrected chi connectivity index (χ4v) is 6.90. The van der Waals surface area contributed by atoms with E-state index in [1.165, 1.54) is 39.0 Å². The van der Waals surface area contributed by atoms with Crippen molar-refractivity contribution in [2.75, 3.05) is 13.2 Å². The molecule has 5 fully saturated rings. The first kappa shape index (κ1) is 41.4. The summed E-state index contributed by atoms with van der Waals surface area (Å²) in [5.74, 6) is 0.408. The maximum Gasteiger partial charge on any atom is 0.344 e. The Kier molecular flexibility index (Phi) is 14.6. The lowest BCUT2D eigenvalue weighted by Crippen LogP contribution is -2.58. The van der Waals surface area contributed by atoms with Crippen LogP contribution in [0.2, 0.25) is 0 Å². The molecule has 0 unspecified atom stereocenters. The highest BCUT2D eigenvalue weighted by Gasteiger charge is 2.57. The second kappa shape index (κ2) is 17.3. The van der Waals surface area contributed by atoms with Gasteiger partial charge in [-0.1, -0.05) is 19.7 Å². The summed E-state index contributed by atoms with van der Waals surface area (Å²) < 4.78 is 25.5. The number of hydrogen-bond donors (Lipinski definition) is 0. The lowest BCUT2D eigenvalue weighted by molar-refractivity contribution is -0.207. The zero-order valence-electron chi connectivity index (χ0n) is 30.7. The van der Waals surface area contributed by atoms with E-state index in [1.54, 1.807) is 34.6 Å². The highest BCUT2D eigenvalue weighted by molar-refractivity contribution is 5.89. The van der Waals surface area contributed by atoms with Gasteiger partial charge in [0, 0.05) is 29.6 Å². The summed E-state index contributed by atoms with van der Waals surface area (Å²) in [6, 6.07) is 0. The summed E-state index contributed by atoms with van der Waals surface area (Å²) in [4.78, 5) is 67.6. The van der Waals surface area contributed by atoms with Gasteiger partial charge < -0.3 is 23.7 Å². The van der Waals surface area contributed by atoms with Gasteiger partial charge >= 0.3 is 29.8 Å². The van der Waals surface area contributed by atoms with Gasteiger partial charge in [0.05, 0.1) is 0 Å². The third-order valence-corrected chi connectivity index (χ3v) is 9.41. The molecule has 5 aliphatic carbocycles. The summed E-state index contributed by atoms with van der Waals surface area (Å²) in [6.07, 6.45) is 8.39. The van der Waals surface area contributed by atoms with E-state index in [0.717, 1.165) is 11.8 Å². The Morgan fingerprint density at radius 2 is 1.08 bits per heavy atom. The maximum atomic E-state index is 12.0. The predicted octanol–water partition coefficient (Wildman–Crippen LogP) is 6.32. The first-order valence-electron chi connectivity index (χ1n) is 17.0. The van der Waals surface area contributed by atoms with Crippen molar-refractivity contribution in [3.05, 3.63) is 36.5 Å². The molecule has 0 atom stereocenters. The van der Waals surface area contributed by atoms with Crippen LogP contribution in [0.4, 0.5) is 0 Å². The van der Waals surface area contributed by atoms with Crippen LogP contribution in [0, 0.1) is 23.7 Å². The molecule has 0 radical (unpaired) electrons. The van der Waals surface area contributed by atoms with Crippen molar-refractivity contribution in [1.29, 1.82) is 0 Å². The average molecular weight is 689 g/mol.